The molecule has 1 saturated heterocycles. The Bertz CT molecular complexity index is 884. The van der Waals surface area contributed by atoms with Crippen molar-refractivity contribution < 1.29 is 4.79 Å². The Morgan fingerprint density at radius 1 is 1.07 bits per heavy atom. The molecule has 3 rings (SSSR count). The van der Waals surface area contributed by atoms with Crippen LogP contribution in [0.1, 0.15) is 64.7 Å². The number of unbranched alkanes of at least 4 members (excludes halogenated alkanes) is 1. The third-order valence-electron chi connectivity index (χ3n) is 5.88. The van der Waals surface area contributed by atoms with Gasteiger partial charge in [0.25, 0.3) is 5.56 Å². The molecule has 1 fully saturated rings. The highest BCUT2D eigenvalue weighted by Crippen LogP contribution is 2.25. The van der Waals surface area contributed by atoms with Crippen LogP contribution < -0.4 is 5.56 Å². The summed E-state index contributed by atoms with van der Waals surface area (Å²) in [5.74, 6) is 1.13. The van der Waals surface area contributed by atoms with Crippen molar-refractivity contribution in [3.63, 3.8) is 0 Å². The van der Waals surface area contributed by atoms with Crippen molar-refractivity contribution in [1.82, 2.24) is 19.4 Å². The lowest BCUT2D eigenvalue weighted by Gasteiger charge is -2.39. The van der Waals surface area contributed by atoms with E-state index in [9.17, 15) is 9.59 Å². The molecule has 1 unspecified atom stereocenters. The summed E-state index contributed by atoms with van der Waals surface area (Å²) < 4.78 is 1.87. The largest absolute Gasteiger partial charge is 0.340 e. The fourth-order valence-electron chi connectivity index (χ4n) is 4.25. The Labute approximate surface area is 173 Å². The zero-order chi connectivity index (χ0) is 20.8. The molecule has 158 valence electrons. The van der Waals surface area contributed by atoms with Crippen LogP contribution in [0.3, 0.4) is 0 Å². The van der Waals surface area contributed by atoms with Crippen LogP contribution in [0, 0.1) is 0 Å². The Morgan fingerprint density at radius 3 is 2.45 bits per heavy atom. The van der Waals surface area contributed by atoms with Gasteiger partial charge in [-0.05, 0) is 31.4 Å². The van der Waals surface area contributed by atoms with Crippen molar-refractivity contribution in [3.8, 4) is 0 Å². The number of aromatic nitrogens is 2. The minimum Gasteiger partial charge on any atom is -0.340 e. The quantitative estimate of drug-likeness (QED) is 0.682. The number of benzene rings is 1. The average molecular weight is 399 g/mol. The highest BCUT2D eigenvalue weighted by atomic mass is 16.2. The molecule has 0 radical (unpaired) electrons. The van der Waals surface area contributed by atoms with Crippen LogP contribution in [-0.2, 0) is 11.3 Å². The van der Waals surface area contributed by atoms with Crippen LogP contribution in [0.15, 0.2) is 29.1 Å². The molecule has 1 amide bonds. The highest BCUT2D eigenvalue weighted by Gasteiger charge is 2.29. The van der Waals surface area contributed by atoms with Crippen molar-refractivity contribution in [2.24, 2.45) is 0 Å². The SMILES string of the molecule is CCCCC(=O)N1CCN(C(CC)c2nc3ccccc3c(=O)n2CCC)CC1. The Morgan fingerprint density at radius 2 is 1.79 bits per heavy atom. The smallest absolute Gasteiger partial charge is 0.261 e. The molecular weight excluding hydrogens is 364 g/mol. The van der Waals surface area contributed by atoms with Crippen LogP contribution >= 0.6 is 0 Å². The predicted octanol–water partition coefficient (Wildman–Crippen LogP) is 3.59. The van der Waals surface area contributed by atoms with E-state index in [1.54, 1.807) is 0 Å². The monoisotopic (exact) mass is 398 g/mol. The molecule has 0 N–H and O–H groups in total. The molecule has 0 spiro atoms. The van der Waals surface area contributed by atoms with Gasteiger partial charge in [-0.1, -0.05) is 39.3 Å². The van der Waals surface area contributed by atoms with Crippen molar-refractivity contribution >= 4 is 16.8 Å². The normalized spacial score (nSPS) is 16.3. The van der Waals surface area contributed by atoms with Gasteiger partial charge in [0, 0.05) is 39.1 Å². The van der Waals surface area contributed by atoms with Gasteiger partial charge in [0.2, 0.25) is 5.91 Å². The Kier molecular flexibility index (Phi) is 7.42. The van der Waals surface area contributed by atoms with Crippen molar-refractivity contribution in [2.45, 2.75) is 65.5 Å². The maximum Gasteiger partial charge on any atom is 0.261 e. The molecule has 0 saturated carbocycles. The summed E-state index contributed by atoms with van der Waals surface area (Å²) in [6, 6.07) is 7.71. The molecular formula is C23H34N4O2. The van der Waals surface area contributed by atoms with E-state index in [1.165, 1.54) is 0 Å². The third kappa shape index (κ3) is 4.69. The molecule has 2 aromatic rings. The van der Waals surface area contributed by atoms with Gasteiger partial charge in [-0.2, -0.15) is 0 Å². The lowest BCUT2D eigenvalue weighted by Crippen LogP contribution is -2.50. The molecule has 1 aromatic carbocycles. The van der Waals surface area contributed by atoms with Gasteiger partial charge in [-0.15, -0.1) is 0 Å². The number of para-hydroxylation sites is 1. The molecule has 0 bridgehead atoms. The van der Waals surface area contributed by atoms with Crippen LogP contribution in [0.25, 0.3) is 10.9 Å². The molecule has 0 aliphatic carbocycles. The van der Waals surface area contributed by atoms with Gasteiger partial charge in [0.1, 0.15) is 5.82 Å². The van der Waals surface area contributed by atoms with Crippen molar-refractivity contribution in [1.29, 1.82) is 0 Å². The van der Waals surface area contributed by atoms with Crippen molar-refractivity contribution in [3.05, 3.63) is 40.4 Å². The van der Waals surface area contributed by atoms with E-state index in [2.05, 4.69) is 25.7 Å². The summed E-state index contributed by atoms with van der Waals surface area (Å²) in [5, 5.41) is 0.686. The van der Waals surface area contributed by atoms with Crippen LogP contribution in [0.4, 0.5) is 0 Å². The average Bonchev–Trinajstić information content (AvgIpc) is 2.75. The molecule has 1 aliphatic heterocycles. The standard InChI is InChI=1S/C23H34N4O2/c1-4-7-12-21(28)26-16-14-25(15-17-26)20(6-3)22-24-19-11-9-8-10-18(19)23(29)27(22)13-5-2/h8-11,20H,4-7,12-17H2,1-3H3. The van der Waals surface area contributed by atoms with Crippen molar-refractivity contribution in [2.75, 3.05) is 26.2 Å². The Hall–Kier alpha value is -2.21. The lowest BCUT2D eigenvalue weighted by molar-refractivity contribution is -0.133. The maximum absolute atomic E-state index is 13.1. The van der Waals surface area contributed by atoms with E-state index in [0.29, 0.717) is 18.4 Å². The highest BCUT2D eigenvalue weighted by molar-refractivity contribution is 5.77. The zero-order valence-electron chi connectivity index (χ0n) is 18.1. The summed E-state index contributed by atoms with van der Waals surface area (Å²) in [5.41, 5.74) is 0.825. The minimum atomic E-state index is 0.0549. The summed E-state index contributed by atoms with van der Waals surface area (Å²) in [4.78, 5) is 34.8. The van der Waals surface area contributed by atoms with Gasteiger partial charge < -0.3 is 4.90 Å². The number of hydrogen-bond donors (Lipinski definition) is 0. The zero-order valence-corrected chi connectivity index (χ0v) is 18.1. The van der Waals surface area contributed by atoms with E-state index in [4.69, 9.17) is 4.98 Å². The summed E-state index contributed by atoms with van der Waals surface area (Å²) in [7, 11) is 0. The summed E-state index contributed by atoms with van der Waals surface area (Å²) >= 11 is 0. The number of carbonyl (C=O) groups excluding carboxylic acids is 1. The second-order valence-corrected chi connectivity index (χ2v) is 7.89. The minimum absolute atomic E-state index is 0.0549. The number of amides is 1. The Balaban J connectivity index is 1.85. The second-order valence-electron chi connectivity index (χ2n) is 7.89. The molecule has 1 aliphatic rings. The number of piperazine rings is 1. The van der Waals surface area contributed by atoms with Gasteiger partial charge in [0.05, 0.1) is 16.9 Å². The molecule has 1 aromatic heterocycles. The van der Waals surface area contributed by atoms with Gasteiger partial charge in [-0.3, -0.25) is 19.1 Å². The second kappa shape index (κ2) is 10.0. The molecule has 29 heavy (non-hydrogen) atoms. The maximum atomic E-state index is 13.1. The van der Waals surface area contributed by atoms with Crippen LogP contribution in [0.2, 0.25) is 0 Å². The first-order valence-electron chi connectivity index (χ1n) is 11.1. The first kappa shape index (κ1) is 21.5. The lowest BCUT2D eigenvalue weighted by atomic mass is 10.1. The predicted molar refractivity (Wildman–Crippen MR) is 117 cm³/mol. The molecule has 1 atom stereocenters. The fourth-order valence-corrected chi connectivity index (χ4v) is 4.25. The number of fused-ring (bicyclic) bond motifs is 1. The van der Waals surface area contributed by atoms with E-state index in [1.807, 2.05) is 33.7 Å². The first-order valence-corrected chi connectivity index (χ1v) is 11.1. The van der Waals surface area contributed by atoms with Gasteiger partial charge >= 0.3 is 0 Å². The molecule has 2 heterocycles. The topological polar surface area (TPSA) is 58.4 Å². The molecule has 6 heteroatoms. The number of carbonyl (C=O) groups is 1. The van der Waals surface area contributed by atoms with E-state index in [0.717, 1.165) is 63.2 Å². The first-order chi connectivity index (χ1) is 14.1. The fraction of sp³-hybridized carbons (Fsp3) is 0.609. The van der Waals surface area contributed by atoms with Crippen LogP contribution in [-0.4, -0.2) is 51.4 Å². The number of hydrogen-bond acceptors (Lipinski definition) is 4. The summed E-state index contributed by atoms with van der Waals surface area (Å²) in [6.07, 6.45) is 4.43. The van der Waals surface area contributed by atoms with Crippen LogP contribution in [0.5, 0.6) is 0 Å². The molecule has 6 nitrogen and oxygen atoms in total. The van der Waals surface area contributed by atoms with E-state index < -0.39 is 0 Å². The van der Waals surface area contributed by atoms with E-state index >= 15 is 0 Å². The third-order valence-corrected chi connectivity index (χ3v) is 5.88. The number of nitrogens with zero attached hydrogens (tertiary/aromatic N) is 4. The number of rotatable bonds is 8. The van der Waals surface area contributed by atoms with Gasteiger partial charge in [-0.25, -0.2) is 4.98 Å². The van der Waals surface area contributed by atoms with E-state index in [-0.39, 0.29) is 17.5 Å². The summed E-state index contributed by atoms with van der Waals surface area (Å²) in [6.45, 7) is 10.2. The van der Waals surface area contributed by atoms with Gasteiger partial charge in [0.15, 0.2) is 0 Å².